The molecule has 0 saturated heterocycles. The van der Waals surface area contributed by atoms with Gasteiger partial charge in [0.25, 0.3) is 0 Å². The average molecular weight is 251 g/mol. The van der Waals surface area contributed by atoms with Gasteiger partial charge in [-0.1, -0.05) is 6.07 Å². The number of aliphatic hydroxyl groups is 1. The molecular formula is C12H17N3OS. The maximum absolute atomic E-state index is 8.85. The minimum Gasteiger partial charge on any atom is -0.396 e. The second-order valence-electron chi connectivity index (χ2n) is 3.49. The number of nitriles is 1. The first-order valence-electron chi connectivity index (χ1n) is 5.61. The Balaban J connectivity index is 2.16. The summed E-state index contributed by atoms with van der Waals surface area (Å²) < 4.78 is 0. The maximum atomic E-state index is 8.85. The second kappa shape index (κ2) is 8.99. The zero-order chi connectivity index (χ0) is 12.3. The van der Waals surface area contributed by atoms with Crippen LogP contribution in [0.2, 0.25) is 0 Å². The van der Waals surface area contributed by atoms with Crippen LogP contribution in [0.25, 0.3) is 0 Å². The molecule has 0 atom stereocenters. The molecular weight excluding hydrogens is 234 g/mol. The lowest BCUT2D eigenvalue weighted by molar-refractivity contribution is 0.296. The highest BCUT2D eigenvalue weighted by Gasteiger charge is 2.00. The van der Waals surface area contributed by atoms with Gasteiger partial charge in [0.1, 0.15) is 11.8 Å². The van der Waals surface area contributed by atoms with Crippen molar-refractivity contribution in [2.24, 2.45) is 0 Å². The third-order valence-electron chi connectivity index (χ3n) is 2.18. The van der Waals surface area contributed by atoms with E-state index in [0.717, 1.165) is 30.0 Å². The van der Waals surface area contributed by atoms with Gasteiger partial charge in [-0.3, -0.25) is 0 Å². The van der Waals surface area contributed by atoms with E-state index in [1.165, 1.54) is 0 Å². The molecule has 0 aliphatic heterocycles. The van der Waals surface area contributed by atoms with Crippen LogP contribution in [0.3, 0.4) is 0 Å². The number of pyridine rings is 1. The molecule has 1 heterocycles. The van der Waals surface area contributed by atoms with E-state index >= 15 is 0 Å². The zero-order valence-electron chi connectivity index (χ0n) is 9.72. The van der Waals surface area contributed by atoms with Gasteiger partial charge < -0.3 is 10.4 Å². The van der Waals surface area contributed by atoms with E-state index in [0.29, 0.717) is 12.2 Å². The molecule has 1 aromatic rings. The van der Waals surface area contributed by atoms with Gasteiger partial charge in [0.05, 0.1) is 0 Å². The fraction of sp³-hybridized carbons (Fsp3) is 0.500. The molecule has 92 valence electrons. The predicted octanol–water partition coefficient (Wildman–Crippen LogP) is 1.16. The third kappa shape index (κ3) is 5.68. The van der Waals surface area contributed by atoms with Crippen LogP contribution in [0.1, 0.15) is 17.7 Å². The highest BCUT2D eigenvalue weighted by atomic mass is 32.2. The minimum atomic E-state index is 0.266. The number of thioether (sulfide) groups is 1. The molecule has 0 aliphatic carbocycles. The lowest BCUT2D eigenvalue weighted by Crippen LogP contribution is -2.17. The topological polar surface area (TPSA) is 68.9 Å². The Kier molecular flexibility index (Phi) is 7.39. The predicted molar refractivity (Wildman–Crippen MR) is 69.7 cm³/mol. The summed E-state index contributed by atoms with van der Waals surface area (Å²) in [4.78, 5) is 4.00. The van der Waals surface area contributed by atoms with E-state index in [1.54, 1.807) is 6.20 Å². The molecule has 0 amide bonds. The first-order chi connectivity index (χ1) is 8.38. The van der Waals surface area contributed by atoms with Crippen molar-refractivity contribution in [1.82, 2.24) is 10.3 Å². The summed E-state index contributed by atoms with van der Waals surface area (Å²) in [5, 5.41) is 20.7. The van der Waals surface area contributed by atoms with Crippen LogP contribution in [0.5, 0.6) is 0 Å². The van der Waals surface area contributed by atoms with E-state index in [-0.39, 0.29) is 6.61 Å². The summed E-state index contributed by atoms with van der Waals surface area (Å²) in [7, 11) is 0. The quantitative estimate of drug-likeness (QED) is 0.679. The van der Waals surface area contributed by atoms with Crippen LogP contribution in [-0.4, -0.2) is 34.7 Å². The number of hydrogen-bond acceptors (Lipinski definition) is 5. The largest absolute Gasteiger partial charge is 0.396 e. The van der Waals surface area contributed by atoms with Gasteiger partial charge in [-0.25, -0.2) is 4.98 Å². The van der Waals surface area contributed by atoms with Gasteiger partial charge >= 0.3 is 0 Å². The van der Waals surface area contributed by atoms with Gasteiger partial charge in [0.2, 0.25) is 0 Å². The Hall–Kier alpha value is -1.09. The molecule has 0 aromatic carbocycles. The van der Waals surface area contributed by atoms with Crippen LogP contribution in [0.4, 0.5) is 0 Å². The number of nitrogens with zero attached hydrogens (tertiary/aromatic N) is 2. The van der Waals surface area contributed by atoms with E-state index in [9.17, 15) is 0 Å². The molecule has 1 rings (SSSR count). The molecule has 2 N–H and O–H groups in total. The van der Waals surface area contributed by atoms with E-state index in [2.05, 4.69) is 16.4 Å². The Labute approximate surface area is 106 Å². The van der Waals surface area contributed by atoms with Crippen molar-refractivity contribution in [3.05, 3.63) is 29.6 Å². The van der Waals surface area contributed by atoms with Crippen molar-refractivity contribution in [3.63, 3.8) is 0 Å². The molecule has 0 fully saturated rings. The van der Waals surface area contributed by atoms with Crippen LogP contribution in [0, 0.1) is 11.3 Å². The smallest absolute Gasteiger partial charge is 0.144 e. The lowest BCUT2D eigenvalue weighted by atomic mass is 10.2. The van der Waals surface area contributed by atoms with Gasteiger partial charge in [-0.2, -0.15) is 17.0 Å². The van der Waals surface area contributed by atoms with Crippen molar-refractivity contribution in [2.45, 2.75) is 13.0 Å². The minimum absolute atomic E-state index is 0.266. The van der Waals surface area contributed by atoms with Gasteiger partial charge in [-0.15, -0.1) is 0 Å². The summed E-state index contributed by atoms with van der Waals surface area (Å²) in [6.07, 6.45) is 2.48. The standard InChI is InChI=1S/C12H17N3OS/c13-9-12-11(3-1-4-15-12)10-14-5-8-17-7-2-6-16/h1,3-4,14,16H,2,5-8,10H2. The molecule has 4 nitrogen and oxygen atoms in total. The summed E-state index contributed by atoms with van der Waals surface area (Å²) >= 11 is 1.82. The monoisotopic (exact) mass is 251 g/mol. The van der Waals surface area contributed by atoms with E-state index in [4.69, 9.17) is 10.4 Å². The van der Waals surface area contributed by atoms with Gasteiger partial charge in [-0.05, 0) is 18.2 Å². The van der Waals surface area contributed by atoms with Crippen molar-refractivity contribution < 1.29 is 5.11 Å². The van der Waals surface area contributed by atoms with Gasteiger partial charge in [0.15, 0.2) is 0 Å². The van der Waals surface area contributed by atoms with Crippen LogP contribution < -0.4 is 5.32 Å². The number of aliphatic hydroxyl groups excluding tert-OH is 1. The Morgan fingerprint density at radius 3 is 3.12 bits per heavy atom. The summed E-state index contributed by atoms with van der Waals surface area (Å²) in [6, 6.07) is 5.84. The summed E-state index contributed by atoms with van der Waals surface area (Å²) in [5.74, 6) is 2.01. The Morgan fingerprint density at radius 2 is 2.35 bits per heavy atom. The molecule has 5 heteroatoms. The average Bonchev–Trinajstić information content (AvgIpc) is 2.38. The Morgan fingerprint density at radius 1 is 1.47 bits per heavy atom. The van der Waals surface area contributed by atoms with Crippen molar-refractivity contribution in [1.29, 1.82) is 5.26 Å². The molecule has 17 heavy (non-hydrogen) atoms. The molecule has 1 aromatic heterocycles. The van der Waals surface area contributed by atoms with Gasteiger partial charge in [0, 0.05) is 37.2 Å². The zero-order valence-corrected chi connectivity index (χ0v) is 10.5. The Bertz CT molecular complexity index is 365. The first kappa shape index (κ1) is 14.0. The summed E-state index contributed by atoms with van der Waals surface area (Å²) in [5.41, 5.74) is 1.43. The highest BCUT2D eigenvalue weighted by Crippen LogP contribution is 2.04. The number of aromatic nitrogens is 1. The van der Waals surface area contributed by atoms with Crippen LogP contribution in [-0.2, 0) is 6.54 Å². The fourth-order valence-corrected chi connectivity index (χ4v) is 2.14. The second-order valence-corrected chi connectivity index (χ2v) is 4.71. The normalized spacial score (nSPS) is 10.1. The molecule has 0 bridgehead atoms. The number of hydrogen-bond donors (Lipinski definition) is 2. The third-order valence-corrected chi connectivity index (χ3v) is 3.25. The van der Waals surface area contributed by atoms with Crippen molar-refractivity contribution >= 4 is 11.8 Å². The maximum Gasteiger partial charge on any atom is 0.144 e. The highest BCUT2D eigenvalue weighted by molar-refractivity contribution is 7.99. The number of nitrogens with one attached hydrogen (secondary N) is 1. The molecule has 0 aliphatic rings. The van der Waals surface area contributed by atoms with Crippen LogP contribution in [0.15, 0.2) is 18.3 Å². The molecule has 0 radical (unpaired) electrons. The molecule has 0 unspecified atom stereocenters. The molecule has 0 spiro atoms. The lowest BCUT2D eigenvalue weighted by Gasteiger charge is -2.05. The molecule has 0 saturated carbocycles. The van der Waals surface area contributed by atoms with Crippen LogP contribution >= 0.6 is 11.8 Å². The number of rotatable bonds is 8. The SMILES string of the molecule is N#Cc1ncccc1CNCCSCCCO. The fourth-order valence-electron chi connectivity index (χ4n) is 1.32. The van der Waals surface area contributed by atoms with E-state index in [1.807, 2.05) is 23.9 Å². The van der Waals surface area contributed by atoms with Crippen molar-refractivity contribution in [2.75, 3.05) is 24.7 Å². The summed E-state index contributed by atoms with van der Waals surface area (Å²) in [6.45, 7) is 1.84. The van der Waals surface area contributed by atoms with E-state index < -0.39 is 0 Å². The first-order valence-corrected chi connectivity index (χ1v) is 6.77. The van der Waals surface area contributed by atoms with Crippen molar-refractivity contribution in [3.8, 4) is 6.07 Å².